The van der Waals surface area contributed by atoms with Gasteiger partial charge in [-0.25, -0.2) is 17.8 Å². The smallest absolute Gasteiger partial charge is 0.257 e. The van der Waals surface area contributed by atoms with Crippen LogP contribution in [0.5, 0.6) is 0 Å². The fraction of sp³-hybridized carbons (Fsp3) is 0.240. The molecule has 1 saturated carbocycles. The highest BCUT2D eigenvalue weighted by molar-refractivity contribution is 7.91. The van der Waals surface area contributed by atoms with E-state index in [1.54, 1.807) is 24.3 Å². The van der Waals surface area contributed by atoms with Crippen LogP contribution in [0, 0.1) is 5.82 Å². The van der Waals surface area contributed by atoms with Crippen molar-refractivity contribution in [2.45, 2.75) is 36.6 Å². The van der Waals surface area contributed by atoms with Gasteiger partial charge < -0.3 is 9.84 Å². The van der Waals surface area contributed by atoms with Crippen molar-refractivity contribution in [3.63, 3.8) is 0 Å². The van der Waals surface area contributed by atoms with E-state index in [0.717, 1.165) is 6.20 Å². The molecule has 0 radical (unpaired) electrons. The first-order valence-corrected chi connectivity index (χ1v) is 14.0. The summed E-state index contributed by atoms with van der Waals surface area (Å²) in [6.07, 6.45) is 3.66. The molecule has 2 aromatic carbocycles. The molecule has 1 aliphatic carbocycles. The Morgan fingerprint density at radius 1 is 1.11 bits per heavy atom. The van der Waals surface area contributed by atoms with Crippen LogP contribution in [-0.4, -0.2) is 40.2 Å². The zero-order valence-corrected chi connectivity index (χ0v) is 22.2. The molecule has 0 spiro atoms. The lowest BCUT2D eigenvalue weighted by atomic mass is 9.94. The van der Waals surface area contributed by atoms with Crippen LogP contribution in [0.25, 0.3) is 11.5 Å². The second-order valence-corrected chi connectivity index (χ2v) is 11.8. The number of nitrogens with zero attached hydrogens (tertiary/aromatic N) is 4. The number of carbonyl (C=O) groups excluding carboxylic acids is 1. The molecule has 0 atom stereocenters. The van der Waals surface area contributed by atoms with Crippen molar-refractivity contribution in [2.24, 2.45) is 0 Å². The van der Waals surface area contributed by atoms with Crippen molar-refractivity contribution in [3.05, 3.63) is 81.7 Å². The summed E-state index contributed by atoms with van der Waals surface area (Å²) in [5.41, 5.74) is 1.26. The molecule has 9 nitrogen and oxygen atoms in total. The van der Waals surface area contributed by atoms with E-state index in [1.165, 1.54) is 25.3 Å². The van der Waals surface area contributed by atoms with E-state index in [9.17, 15) is 17.6 Å². The maximum atomic E-state index is 13.3. The number of rotatable bonds is 8. The molecular formula is C25H20Cl2FN5O4S. The summed E-state index contributed by atoms with van der Waals surface area (Å²) in [4.78, 5) is 25.0. The average Bonchev–Trinajstić information content (AvgIpc) is 3.51. The topological polar surface area (TPSA) is 128 Å². The fourth-order valence-corrected chi connectivity index (χ4v) is 5.62. The zero-order valence-electron chi connectivity index (χ0n) is 19.9. The average molecular weight is 576 g/mol. The van der Waals surface area contributed by atoms with Crippen LogP contribution in [-0.2, 0) is 26.5 Å². The first kappa shape index (κ1) is 26.2. The molecule has 0 aliphatic heterocycles. The maximum Gasteiger partial charge on any atom is 0.257 e. The Morgan fingerprint density at radius 2 is 1.79 bits per heavy atom. The number of aromatic nitrogens is 4. The van der Waals surface area contributed by atoms with Crippen molar-refractivity contribution >= 4 is 44.6 Å². The third kappa shape index (κ3) is 5.13. The summed E-state index contributed by atoms with van der Waals surface area (Å²) in [5, 5.41) is 7.37. The normalized spacial score (nSPS) is 14.3. The minimum Gasteiger partial charge on any atom is -0.334 e. The monoisotopic (exact) mass is 575 g/mol. The van der Waals surface area contributed by atoms with Gasteiger partial charge in [0.05, 0.1) is 35.7 Å². The predicted octanol–water partition coefficient (Wildman–Crippen LogP) is 5.03. The third-order valence-electron chi connectivity index (χ3n) is 6.22. The number of amides is 1. The Labute approximate surface area is 227 Å². The van der Waals surface area contributed by atoms with Gasteiger partial charge in [-0.2, -0.15) is 4.98 Å². The van der Waals surface area contributed by atoms with Gasteiger partial charge >= 0.3 is 0 Å². The van der Waals surface area contributed by atoms with Crippen LogP contribution in [0.2, 0.25) is 10.0 Å². The van der Waals surface area contributed by atoms with Crippen LogP contribution in [0.15, 0.2) is 58.3 Å². The van der Waals surface area contributed by atoms with Crippen molar-refractivity contribution in [3.8, 4) is 11.5 Å². The minimum atomic E-state index is -3.48. The van der Waals surface area contributed by atoms with Crippen LogP contribution >= 0.6 is 23.2 Å². The quantitative estimate of drug-likeness (QED) is 0.310. The summed E-state index contributed by atoms with van der Waals surface area (Å²) >= 11 is 13.2. The van der Waals surface area contributed by atoms with Crippen LogP contribution in [0.3, 0.4) is 0 Å². The number of anilines is 1. The number of benzene rings is 2. The second-order valence-electron chi connectivity index (χ2n) is 8.80. The lowest BCUT2D eigenvalue weighted by Gasteiger charge is -2.17. The predicted molar refractivity (Wildman–Crippen MR) is 138 cm³/mol. The Kier molecular flexibility index (Phi) is 6.93. The van der Waals surface area contributed by atoms with Gasteiger partial charge in [0, 0.05) is 26.9 Å². The Bertz CT molecular complexity index is 1600. The van der Waals surface area contributed by atoms with E-state index in [-0.39, 0.29) is 28.9 Å². The Morgan fingerprint density at radius 3 is 2.37 bits per heavy atom. The maximum absolute atomic E-state index is 13.3. The molecular weight excluding hydrogens is 556 g/mol. The van der Waals surface area contributed by atoms with Gasteiger partial charge in [-0.15, -0.1) is 0 Å². The van der Waals surface area contributed by atoms with E-state index in [1.807, 2.05) is 0 Å². The van der Waals surface area contributed by atoms with Gasteiger partial charge in [-0.3, -0.25) is 9.78 Å². The fourth-order valence-electron chi connectivity index (χ4n) is 4.05. The van der Waals surface area contributed by atoms with Crippen LogP contribution < -0.4 is 5.32 Å². The SMILES string of the molecule is CCS(=O)(=O)c1cnc(CC(=O)Nc2cc(Cl)c(C3(c4noc(-c5ccc(F)cc5)n4)CC3)c(Cl)c2)cn1. The summed E-state index contributed by atoms with van der Waals surface area (Å²) in [7, 11) is -3.48. The Balaban J connectivity index is 1.32. The molecule has 2 heterocycles. The van der Waals surface area contributed by atoms with Gasteiger partial charge in [-0.1, -0.05) is 35.3 Å². The molecule has 1 aliphatic rings. The van der Waals surface area contributed by atoms with E-state index in [4.69, 9.17) is 27.7 Å². The van der Waals surface area contributed by atoms with E-state index < -0.39 is 21.2 Å². The molecule has 0 saturated heterocycles. The lowest BCUT2D eigenvalue weighted by Crippen LogP contribution is -2.17. The number of nitrogens with one attached hydrogen (secondary N) is 1. The molecule has 5 rings (SSSR count). The van der Waals surface area contributed by atoms with Crippen molar-refractivity contribution < 1.29 is 22.1 Å². The number of sulfone groups is 1. The summed E-state index contributed by atoms with van der Waals surface area (Å²) in [6, 6.07) is 8.90. The van der Waals surface area contributed by atoms with E-state index >= 15 is 0 Å². The highest BCUT2D eigenvalue weighted by Crippen LogP contribution is 2.57. The standard InChI is InChI=1S/C25H20Cl2FN5O4S/c1-2-38(35,36)21-13-29-17(12-30-21)11-20(34)31-16-9-18(26)22(19(27)10-16)25(7-8-25)24-32-23(37-33-24)14-3-5-15(28)6-4-14/h3-6,9-10,12-13H,2,7-8,11H2,1H3,(H,31,34). The van der Waals surface area contributed by atoms with Crippen LogP contribution in [0.4, 0.5) is 10.1 Å². The molecule has 38 heavy (non-hydrogen) atoms. The molecule has 13 heteroatoms. The number of halogens is 3. The third-order valence-corrected chi connectivity index (χ3v) is 8.43. The lowest BCUT2D eigenvalue weighted by molar-refractivity contribution is -0.115. The largest absolute Gasteiger partial charge is 0.334 e. The minimum absolute atomic E-state index is 0.0948. The highest BCUT2D eigenvalue weighted by atomic mass is 35.5. The number of hydrogen-bond acceptors (Lipinski definition) is 8. The summed E-state index contributed by atoms with van der Waals surface area (Å²) < 4.78 is 42.4. The van der Waals surface area contributed by atoms with Gasteiger partial charge in [-0.05, 0) is 49.2 Å². The van der Waals surface area contributed by atoms with Gasteiger partial charge in [0.2, 0.25) is 5.91 Å². The van der Waals surface area contributed by atoms with E-state index in [2.05, 4.69) is 25.4 Å². The molecule has 0 bridgehead atoms. The van der Waals surface area contributed by atoms with Gasteiger partial charge in [0.1, 0.15) is 5.82 Å². The van der Waals surface area contributed by atoms with Crippen molar-refractivity contribution in [2.75, 3.05) is 11.1 Å². The summed E-state index contributed by atoms with van der Waals surface area (Å²) in [6.45, 7) is 1.51. The van der Waals surface area contributed by atoms with Crippen molar-refractivity contribution in [1.82, 2.24) is 20.1 Å². The van der Waals surface area contributed by atoms with Gasteiger partial charge in [0.25, 0.3) is 5.89 Å². The van der Waals surface area contributed by atoms with Gasteiger partial charge in [0.15, 0.2) is 20.7 Å². The molecule has 1 N–H and O–H groups in total. The highest BCUT2D eigenvalue weighted by Gasteiger charge is 2.52. The Hall–Kier alpha value is -3.41. The molecule has 0 unspecified atom stereocenters. The zero-order chi connectivity index (χ0) is 27.1. The first-order valence-electron chi connectivity index (χ1n) is 11.5. The molecule has 196 valence electrons. The molecule has 1 amide bonds. The number of hydrogen-bond donors (Lipinski definition) is 1. The number of carbonyl (C=O) groups is 1. The van der Waals surface area contributed by atoms with Crippen LogP contribution in [0.1, 0.15) is 36.8 Å². The molecule has 4 aromatic rings. The first-order chi connectivity index (χ1) is 18.1. The van der Waals surface area contributed by atoms with E-state index in [0.29, 0.717) is 51.2 Å². The van der Waals surface area contributed by atoms with Crippen molar-refractivity contribution in [1.29, 1.82) is 0 Å². The molecule has 2 aromatic heterocycles. The molecule has 1 fully saturated rings. The second kappa shape index (κ2) is 10.0. The summed E-state index contributed by atoms with van der Waals surface area (Å²) in [5.74, 6) is -0.197.